The first kappa shape index (κ1) is 15.3. The monoisotopic (exact) mass is 304 g/mol. The summed E-state index contributed by atoms with van der Waals surface area (Å²) in [5.41, 5.74) is 0.669. The molecular weight excluding hydrogens is 280 g/mol. The third kappa shape index (κ3) is 4.21. The number of amides is 1. The Bertz CT molecular complexity index is 477. The van der Waals surface area contributed by atoms with E-state index in [2.05, 4.69) is 10.6 Å². The van der Waals surface area contributed by atoms with Gasteiger partial charge in [-0.3, -0.25) is 4.79 Å². The molecule has 0 saturated carbocycles. The molecule has 2 N–H and O–H groups in total. The second kappa shape index (κ2) is 7.61. The highest BCUT2D eigenvalue weighted by Crippen LogP contribution is 2.16. The summed E-state index contributed by atoms with van der Waals surface area (Å²) >= 11 is 0. The number of hydrogen-bond acceptors (Lipinski definition) is 4. The standard InChI is InChI=1S/C17H24N2O3/c20-17(19-11-14-3-1-9-18-14)13-5-7-15(8-6-13)22-12-16-4-2-10-21-16/h5-8,14,16,18H,1-4,9-12H2,(H,19,20). The van der Waals surface area contributed by atoms with Gasteiger partial charge in [-0.2, -0.15) is 0 Å². The largest absolute Gasteiger partial charge is 0.491 e. The Balaban J connectivity index is 1.44. The molecule has 120 valence electrons. The van der Waals surface area contributed by atoms with Gasteiger partial charge in [0.2, 0.25) is 0 Å². The van der Waals surface area contributed by atoms with Gasteiger partial charge in [0.25, 0.3) is 5.91 Å². The van der Waals surface area contributed by atoms with Gasteiger partial charge in [-0.05, 0) is 56.5 Å². The van der Waals surface area contributed by atoms with Crippen molar-refractivity contribution < 1.29 is 14.3 Å². The topological polar surface area (TPSA) is 59.6 Å². The van der Waals surface area contributed by atoms with E-state index in [1.807, 2.05) is 24.3 Å². The molecule has 3 rings (SSSR count). The number of ether oxygens (including phenoxy) is 2. The Morgan fingerprint density at radius 1 is 1.27 bits per heavy atom. The number of rotatable bonds is 6. The maximum absolute atomic E-state index is 12.1. The first-order valence-electron chi connectivity index (χ1n) is 8.17. The average molecular weight is 304 g/mol. The first-order valence-corrected chi connectivity index (χ1v) is 8.17. The molecule has 1 aromatic rings. The van der Waals surface area contributed by atoms with Crippen molar-refractivity contribution in [3.05, 3.63) is 29.8 Å². The fourth-order valence-corrected chi connectivity index (χ4v) is 2.92. The zero-order chi connectivity index (χ0) is 15.2. The summed E-state index contributed by atoms with van der Waals surface area (Å²) in [6.45, 7) is 3.16. The molecule has 1 aromatic carbocycles. The first-order chi connectivity index (χ1) is 10.8. The molecule has 0 aromatic heterocycles. The summed E-state index contributed by atoms with van der Waals surface area (Å²) in [5, 5.41) is 6.34. The molecule has 2 fully saturated rings. The second-order valence-corrected chi connectivity index (χ2v) is 5.97. The van der Waals surface area contributed by atoms with Crippen LogP contribution in [0, 0.1) is 0 Å². The van der Waals surface area contributed by atoms with Crippen molar-refractivity contribution in [3.63, 3.8) is 0 Å². The highest BCUT2D eigenvalue weighted by Gasteiger charge is 2.17. The van der Waals surface area contributed by atoms with Crippen molar-refractivity contribution in [3.8, 4) is 5.75 Å². The Morgan fingerprint density at radius 2 is 2.14 bits per heavy atom. The highest BCUT2D eigenvalue weighted by atomic mass is 16.5. The minimum Gasteiger partial charge on any atom is -0.491 e. The van der Waals surface area contributed by atoms with E-state index < -0.39 is 0 Å². The number of benzene rings is 1. The van der Waals surface area contributed by atoms with Crippen LogP contribution < -0.4 is 15.4 Å². The van der Waals surface area contributed by atoms with Crippen LogP contribution >= 0.6 is 0 Å². The van der Waals surface area contributed by atoms with Crippen LogP contribution in [0.5, 0.6) is 5.75 Å². The molecule has 0 aliphatic carbocycles. The summed E-state index contributed by atoms with van der Waals surface area (Å²) in [5.74, 6) is 0.754. The van der Waals surface area contributed by atoms with Gasteiger partial charge in [-0.1, -0.05) is 0 Å². The van der Waals surface area contributed by atoms with Crippen molar-refractivity contribution in [1.82, 2.24) is 10.6 Å². The third-order valence-electron chi connectivity index (χ3n) is 4.25. The molecule has 2 heterocycles. The molecule has 1 amide bonds. The molecule has 0 spiro atoms. The van der Waals surface area contributed by atoms with Gasteiger partial charge < -0.3 is 20.1 Å². The predicted octanol–water partition coefficient (Wildman–Crippen LogP) is 1.73. The lowest BCUT2D eigenvalue weighted by molar-refractivity contribution is 0.0679. The van der Waals surface area contributed by atoms with E-state index in [0.29, 0.717) is 24.8 Å². The van der Waals surface area contributed by atoms with Crippen molar-refractivity contribution in [1.29, 1.82) is 0 Å². The van der Waals surface area contributed by atoms with Gasteiger partial charge in [0.05, 0.1) is 6.10 Å². The molecule has 0 radical (unpaired) electrons. The average Bonchev–Trinajstić information content (AvgIpc) is 3.24. The molecular formula is C17H24N2O3. The van der Waals surface area contributed by atoms with Crippen LogP contribution in [0.25, 0.3) is 0 Å². The SMILES string of the molecule is O=C(NCC1CCCN1)c1ccc(OCC2CCCO2)cc1. The quantitative estimate of drug-likeness (QED) is 0.840. The second-order valence-electron chi connectivity index (χ2n) is 5.97. The zero-order valence-electron chi connectivity index (χ0n) is 12.8. The van der Waals surface area contributed by atoms with Gasteiger partial charge in [0.1, 0.15) is 12.4 Å². The van der Waals surface area contributed by atoms with E-state index in [1.165, 1.54) is 6.42 Å². The summed E-state index contributed by atoms with van der Waals surface area (Å²) in [6.07, 6.45) is 4.72. The van der Waals surface area contributed by atoms with E-state index in [-0.39, 0.29) is 12.0 Å². The molecule has 5 heteroatoms. The lowest BCUT2D eigenvalue weighted by Crippen LogP contribution is -2.37. The summed E-state index contributed by atoms with van der Waals surface area (Å²) in [4.78, 5) is 12.1. The minimum absolute atomic E-state index is 0.0284. The highest BCUT2D eigenvalue weighted by molar-refractivity contribution is 5.94. The van der Waals surface area contributed by atoms with Crippen molar-refractivity contribution in [2.75, 3.05) is 26.3 Å². The number of carbonyl (C=O) groups excluding carboxylic acids is 1. The van der Waals surface area contributed by atoms with Gasteiger partial charge in [-0.25, -0.2) is 0 Å². The Morgan fingerprint density at radius 3 is 2.82 bits per heavy atom. The van der Waals surface area contributed by atoms with E-state index in [0.717, 1.165) is 38.2 Å². The summed E-state index contributed by atoms with van der Waals surface area (Å²) in [7, 11) is 0. The molecule has 22 heavy (non-hydrogen) atoms. The van der Waals surface area contributed by atoms with Crippen molar-refractivity contribution in [2.45, 2.75) is 37.8 Å². The van der Waals surface area contributed by atoms with E-state index in [1.54, 1.807) is 0 Å². The van der Waals surface area contributed by atoms with Gasteiger partial charge in [-0.15, -0.1) is 0 Å². The third-order valence-corrected chi connectivity index (χ3v) is 4.25. The van der Waals surface area contributed by atoms with Crippen LogP contribution in [0.2, 0.25) is 0 Å². The van der Waals surface area contributed by atoms with Crippen LogP contribution in [-0.2, 0) is 4.74 Å². The molecule has 2 unspecified atom stereocenters. The zero-order valence-corrected chi connectivity index (χ0v) is 12.8. The minimum atomic E-state index is -0.0284. The molecule has 2 aliphatic rings. The fourth-order valence-electron chi connectivity index (χ4n) is 2.92. The lowest BCUT2D eigenvalue weighted by Gasteiger charge is -2.13. The fraction of sp³-hybridized carbons (Fsp3) is 0.588. The summed E-state index contributed by atoms with van der Waals surface area (Å²) < 4.78 is 11.2. The van der Waals surface area contributed by atoms with E-state index in [4.69, 9.17) is 9.47 Å². The van der Waals surface area contributed by atoms with Gasteiger partial charge in [0.15, 0.2) is 0 Å². The number of nitrogens with one attached hydrogen (secondary N) is 2. The maximum atomic E-state index is 12.1. The van der Waals surface area contributed by atoms with E-state index in [9.17, 15) is 4.79 Å². The molecule has 0 bridgehead atoms. The smallest absolute Gasteiger partial charge is 0.251 e. The molecule has 5 nitrogen and oxygen atoms in total. The van der Waals surface area contributed by atoms with Crippen molar-refractivity contribution in [2.24, 2.45) is 0 Å². The Hall–Kier alpha value is -1.59. The lowest BCUT2D eigenvalue weighted by atomic mass is 10.2. The van der Waals surface area contributed by atoms with E-state index >= 15 is 0 Å². The van der Waals surface area contributed by atoms with Crippen LogP contribution in [0.15, 0.2) is 24.3 Å². The number of hydrogen-bond donors (Lipinski definition) is 2. The normalized spacial score (nSPS) is 24.4. The molecule has 2 atom stereocenters. The van der Waals surface area contributed by atoms with Gasteiger partial charge >= 0.3 is 0 Å². The maximum Gasteiger partial charge on any atom is 0.251 e. The molecule has 2 aliphatic heterocycles. The van der Waals surface area contributed by atoms with Crippen LogP contribution in [-0.4, -0.2) is 44.4 Å². The van der Waals surface area contributed by atoms with Crippen LogP contribution in [0.1, 0.15) is 36.0 Å². The summed E-state index contributed by atoms with van der Waals surface area (Å²) in [6, 6.07) is 7.72. The van der Waals surface area contributed by atoms with Crippen LogP contribution in [0.3, 0.4) is 0 Å². The molecule has 2 saturated heterocycles. The predicted molar refractivity (Wildman–Crippen MR) is 84.3 cm³/mol. The Labute approximate surface area is 131 Å². The van der Waals surface area contributed by atoms with Gasteiger partial charge in [0, 0.05) is 24.8 Å². The Kier molecular flexibility index (Phi) is 5.29. The van der Waals surface area contributed by atoms with Crippen molar-refractivity contribution >= 4 is 5.91 Å². The van der Waals surface area contributed by atoms with Crippen LogP contribution in [0.4, 0.5) is 0 Å². The number of carbonyl (C=O) groups is 1.